The number of aromatic nitrogens is 1. The summed E-state index contributed by atoms with van der Waals surface area (Å²) in [7, 11) is 1.64. The van der Waals surface area contributed by atoms with E-state index < -0.39 is 0 Å². The van der Waals surface area contributed by atoms with Crippen molar-refractivity contribution in [2.75, 3.05) is 19.1 Å². The molecule has 0 atom stereocenters. The van der Waals surface area contributed by atoms with Crippen LogP contribution in [0.15, 0.2) is 51.4 Å². The van der Waals surface area contributed by atoms with Crippen LogP contribution in [0.25, 0.3) is 11.3 Å². The van der Waals surface area contributed by atoms with E-state index >= 15 is 0 Å². The minimum atomic E-state index is 0.0725. The highest BCUT2D eigenvalue weighted by molar-refractivity contribution is 9.10. The van der Waals surface area contributed by atoms with Crippen LogP contribution in [0, 0.1) is 0 Å². The molecule has 0 saturated carbocycles. The largest absolute Gasteiger partial charge is 0.503 e. The molecule has 0 unspecified atom stereocenters. The highest BCUT2D eigenvalue weighted by Gasteiger charge is 2.10. The van der Waals surface area contributed by atoms with Gasteiger partial charge in [-0.15, -0.1) is 11.3 Å². The van der Waals surface area contributed by atoms with Gasteiger partial charge in [-0.1, -0.05) is 12.1 Å². The molecule has 3 aromatic rings. The summed E-state index contributed by atoms with van der Waals surface area (Å²) in [6, 6.07) is 11.2. The third-order valence-electron chi connectivity index (χ3n) is 3.61. The van der Waals surface area contributed by atoms with Gasteiger partial charge in [-0.2, -0.15) is 5.10 Å². The second-order valence-corrected chi connectivity index (χ2v) is 7.10. The number of halogens is 1. The Labute approximate surface area is 169 Å². The van der Waals surface area contributed by atoms with Crippen molar-refractivity contribution in [2.24, 2.45) is 5.10 Å². The fraction of sp³-hybridized carbons (Fsp3) is 0.158. The Hall–Kier alpha value is -2.58. The molecule has 8 heteroatoms. The quantitative estimate of drug-likeness (QED) is 0.387. The van der Waals surface area contributed by atoms with Crippen molar-refractivity contribution in [3.8, 4) is 28.5 Å². The SMILES string of the molecule is CCOc1cc(/C=N\Nc2nc(-c3ccccc3OC)cs2)cc(Br)c1O. The number of hydrogen-bond donors (Lipinski definition) is 2. The molecule has 0 amide bonds. The number of hydrogen-bond acceptors (Lipinski definition) is 7. The molecule has 0 bridgehead atoms. The number of nitrogens with zero attached hydrogens (tertiary/aromatic N) is 2. The third-order valence-corrected chi connectivity index (χ3v) is 4.96. The first-order chi connectivity index (χ1) is 13.1. The molecule has 0 aliphatic carbocycles. The number of phenols is 1. The van der Waals surface area contributed by atoms with Gasteiger partial charge in [-0.05, 0) is 52.7 Å². The zero-order chi connectivity index (χ0) is 19.2. The number of ether oxygens (including phenoxy) is 2. The summed E-state index contributed by atoms with van der Waals surface area (Å²) in [4.78, 5) is 4.54. The van der Waals surface area contributed by atoms with Crippen molar-refractivity contribution in [2.45, 2.75) is 6.92 Å². The molecule has 2 aromatic carbocycles. The second-order valence-electron chi connectivity index (χ2n) is 5.39. The summed E-state index contributed by atoms with van der Waals surface area (Å²) in [5, 5.41) is 16.8. The number of phenolic OH excluding ortho intramolecular Hbond substituents is 1. The van der Waals surface area contributed by atoms with E-state index in [1.54, 1.807) is 25.5 Å². The summed E-state index contributed by atoms with van der Waals surface area (Å²) >= 11 is 4.76. The Balaban J connectivity index is 1.73. The average molecular weight is 448 g/mol. The summed E-state index contributed by atoms with van der Waals surface area (Å²) in [6.07, 6.45) is 1.64. The number of thiazole rings is 1. The summed E-state index contributed by atoms with van der Waals surface area (Å²) in [5.74, 6) is 1.25. The van der Waals surface area contributed by atoms with Crippen molar-refractivity contribution >= 4 is 38.6 Å². The minimum absolute atomic E-state index is 0.0725. The Morgan fingerprint density at radius 1 is 1.30 bits per heavy atom. The van der Waals surface area contributed by atoms with Gasteiger partial charge in [-0.3, -0.25) is 5.43 Å². The molecule has 1 heterocycles. The number of benzene rings is 2. The van der Waals surface area contributed by atoms with E-state index in [0.29, 0.717) is 22.0 Å². The molecule has 0 saturated heterocycles. The van der Waals surface area contributed by atoms with Crippen molar-refractivity contribution in [3.63, 3.8) is 0 Å². The molecule has 0 aliphatic heterocycles. The van der Waals surface area contributed by atoms with Crippen LogP contribution in [0.1, 0.15) is 12.5 Å². The molecular formula is C19H18BrN3O3S. The summed E-state index contributed by atoms with van der Waals surface area (Å²) in [6.45, 7) is 2.32. The lowest BCUT2D eigenvalue weighted by Gasteiger charge is -2.08. The molecule has 0 spiro atoms. The van der Waals surface area contributed by atoms with Gasteiger partial charge < -0.3 is 14.6 Å². The molecular weight excluding hydrogens is 430 g/mol. The van der Waals surface area contributed by atoms with E-state index in [-0.39, 0.29) is 5.75 Å². The predicted octanol–water partition coefficient (Wildman–Crippen LogP) is 5.13. The van der Waals surface area contributed by atoms with Crippen LogP contribution in [-0.2, 0) is 0 Å². The van der Waals surface area contributed by atoms with E-state index in [9.17, 15) is 5.11 Å². The van der Waals surface area contributed by atoms with Crippen molar-refractivity contribution < 1.29 is 14.6 Å². The van der Waals surface area contributed by atoms with Gasteiger partial charge >= 0.3 is 0 Å². The molecule has 2 N–H and O–H groups in total. The number of hydrazone groups is 1. The van der Waals surface area contributed by atoms with Crippen LogP contribution in [0.3, 0.4) is 0 Å². The van der Waals surface area contributed by atoms with Gasteiger partial charge in [0, 0.05) is 10.9 Å². The van der Waals surface area contributed by atoms with E-state index in [1.807, 2.05) is 36.6 Å². The van der Waals surface area contributed by atoms with E-state index in [0.717, 1.165) is 22.6 Å². The van der Waals surface area contributed by atoms with E-state index in [2.05, 4.69) is 31.4 Å². The van der Waals surface area contributed by atoms with Crippen LogP contribution in [0.5, 0.6) is 17.2 Å². The molecule has 3 rings (SSSR count). The van der Waals surface area contributed by atoms with Gasteiger partial charge in [0.05, 0.1) is 30.1 Å². The molecule has 27 heavy (non-hydrogen) atoms. The number of rotatable bonds is 7. The van der Waals surface area contributed by atoms with Gasteiger partial charge in [-0.25, -0.2) is 4.98 Å². The van der Waals surface area contributed by atoms with E-state index in [1.165, 1.54) is 11.3 Å². The molecule has 0 fully saturated rings. The first-order valence-electron chi connectivity index (χ1n) is 8.15. The summed E-state index contributed by atoms with van der Waals surface area (Å²) < 4.78 is 11.3. The number of nitrogens with one attached hydrogen (secondary N) is 1. The van der Waals surface area contributed by atoms with Crippen LogP contribution >= 0.6 is 27.3 Å². The smallest absolute Gasteiger partial charge is 0.203 e. The lowest BCUT2D eigenvalue weighted by atomic mass is 10.1. The predicted molar refractivity (Wildman–Crippen MR) is 112 cm³/mol. The Morgan fingerprint density at radius 3 is 2.89 bits per heavy atom. The van der Waals surface area contributed by atoms with Crippen LogP contribution in [-0.4, -0.2) is 30.0 Å². The van der Waals surface area contributed by atoms with Crippen LogP contribution in [0.2, 0.25) is 0 Å². The van der Waals surface area contributed by atoms with Crippen molar-refractivity contribution in [1.82, 2.24) is 4.98 Å². The number of methoxy groups -OCH3 is 1. The van der Waals surface area contributed by atoms with Gasteiger partial charge in [0.25, 0.3) is 0 Å². The zero-order valence-corrected chi connectivity index (χ0v) is 17.2. The molecule has 6 nitrogen and oxygen atoms in total. The second kappa shape index (κ2) is 8.88. The molecule has 0 radical (unpaired) electrons. The van der Waals surface area contributed by atoms with Gasteiger partial charge in [0.15, 0.2) is 11.5 Å². The highest BCUT2D eigenvalue weighted by Crippen LogP contribution is 2.35. The van der Waals surface area contributed by atoms with Crippen molar-refractivity contribution in [1.29, 1.82) is 0 Å². The van der Waals surface area contributed by atoms with Crippen LogP contribution < -0.4 is 14.9 Å². The standard InChI is InChI=1S/C19H18BrN3O3S/c1-3-26-17-9-12(8-14(20)18(17)24)10-21-23-19-22-15(11-27-19)13-6-4-5-7-16(13)25-2/h4-11,24H,3H2,1-2H3,(H,22,23)/b21-10-. The van der Waals surface area contributed by atoms with Crippen LogP contribution in [0.4, 0.5) is 5.13 Å². The minimum Gasteiger partial charge on any atom is -0.503 e. The monoisotopic (exact) mass is 447 g/mol. The van der Waals surface area contributed by atoms with Crippen molar-refractivity contribution in [3.05, 3.63) is 51.8 Å². The topological polar surface area (TPSA) is 76.0 Å². The normalized spacial score (nSPS) is 10.9. The fourth-order valence-electron chi connectivity index (χ4n) is 2.40. The first kappa shape index (κ1) is 19.2. The maximum atomic E-state index is 9.96. The van der Waals surface area contributed by atoms with Gasteiger partial charge in [0.1, 0.15) is 5.75 Å². The van der Waals surface area contributed by atoms with Gasteiger partial charge in [0.2, 0.25) is 5.13 Å². The van der Waals surface area contributed by atoms with E-state index in [4.69, 9.17) is 9.47 Å². The maximum Gasteiger partial charge on any atom is 0.203 e. The average Bonchev–Trinajstić information content (AvgIpc) is 3.14. The Kier molecular flexibility index (Phi) is 6.31. The number of aromatic hydroxyl groups is 1. The molecule has 0 aliphatic rings. The Bertz CT molecular complexity index is 959. The maximum absolute atomic E-state index is 9.96. The lowest BCUT2D eigenvalue weighted by molar-refractivity contribution is 0.317. The highest BCUT2D eigenvalue weighted by atomic mass is 79.9. The lowest BCUT2D eigenvalue weighted by Crippen LogP contribution is -1.95. The molecule has 140 valence electrons. The Morgan fingerprint density at radius 2 is 2.11 bits per heavy atom. The number of para-hydroxylation sites is 1. The zero-order valence-electron chi connectivity index (χ0n) is 14.8. The number of anilines is 1. The third kappa shape index (κ3) is 4.58. The first-order valence-corrected chi connectivity index (χ1v) is 9.83. The molecule has 1 aromatic heterocycles. The fourth-order valence-corrected chi connectivity index (χ4v) is 3.52. The summed E-state index contributed by atoms with van der Waals surface area (Å²) in [5.41, 5.74) is 5.45.